The van der Waals surface area contributed by atoms with Crippen LogP contribution in [-0.2, 0) is 19.6 Å². The molecule has 1 aromatic rings. The van der Waals surface area contributed by atoms with Gasteiger partial charge in [-0.05, 0) is 56.0 Å². The SMILES string of the molecule is CCCCCCCC/C=C/OC(=O)c1ccc(S(=O)(=O)O)cc1C(=O)O/C=C/CCCCCCCC. The average Bonchev–Trinajstić information content (AvgIpc) is 2.85. The molecule has 0 atom stereocenters. The smallest absolute Gasteiger partial charge is 0.343 e. The van der Waals surface area contributed by atoms with E-state index in [-0.39, 0.29) is 11.1 Å². The van der Waals surface area contributed by atoms with Gasteiger partial charge in [-0.25, -0.2) is 9.59 Å². The molecule has 7 nitrogen and oxygen atoms in total. The Hall–Kier alpha value is -2.45. The highest BCUT2D eigenvalue weighted by Gasteiger charge is 2.22. The summed E-state index contributed by atoms with van der Waals surface area (Å²) in [6.45, 7) is 4.34. The molecule has 202 valence electrons. The molecule has 0 saturated heterocycles. The van der Waals surface area contributed by atoms with Crippen LogP contribution in [0.1, 0.15) is 124 Å². The first-order chi connectivity index (χ1) is 17.3. The van der Waals surface area contributed by atoms with E-state index in [1.165, 1.54) is 63.9 Å². The van der Waals surface area contributed by atoms with Crippen LogP contribution in [0.4, 0.5) is 0 Å². The molecule has 0 aliphatic rings. The van der Waals surface area contributed by atoms with Gasteiger partial charge in [0, 0.05) is 0 Å². The molecule has 0 unspecified atom stereocenters. The lowest BCUT2D eigenvalue weighted by molar-refractivity contribution is 0.0617. The Kier molecular flexibility index (Phi) is 16.5. The zero-order chi connectivity index (χ0) is 26.7. The lowest BCUT2D eigenvalue weighted by Gasteiger charge is -2.08. The van der Waals surface area contributed by atoms with Gasteiger partial charge in [-0.1, -0.05) is 78.1 Å². The van der Waals surface area contributed by atoms with Gasteiger partial charge >= 0.3 is 11.9 Å². The monoisotopic (exact) mass is 522 g/mol. The molecular formula is C28H42O7S. The average molecular weight is 523 g/mol. The lowest BCUT2D eigenvalue weighted by atomic mass is 10.1. The molecule has 0 saturated carbocycles. The van der Waals surface area contributed by atoms with Crippen molar-refractivity contribution in [3.63, 3.8) is 0 Å². The van der Waals surface area contributed by atoms with Crippen LogP contribution in [0.3, 0.4) is 0 Å². The molecule has 0 aliphatic heterocycles. The molecule has 0 amide bonds. The summed E-state index contributed by atoms with van der Waals surface area (Å²) in [6, 6.07) is 3.08. The van der Waals surface area contributed by atoms with Crippen molar-refractivity contribution < 1.29 is 32.0 Å². The summed E-state index contributed by atoms with van der Waals surface area (Å²) in [5.41, 5.74) is -0.454. The Morgan fingerprint density at radius 3 is 1.64 bits per heavy atom. The van der Waals surface area contributed by atoms with Gasteiger partial charge < -0.3 is 9.47 Å². The van der Waals surface area contributed by atoms with Crippen LogP contribution in [0.2, 0.25) is 0 Å². The Bertz CT molecular complexity index is 949. The fourth-order valence-electron chi connectivity index (χ4n) is 3.60. The minimum absolute atomic E-state index is 0.152. The molecule has 1 aromatic carbocycles. The van der Waals surface area contributed by atoms with E-state index < -0.39 is 27.0 Å². The van der Waals surface area contributed by atoms with Crippen molar-refractivity contribution >= 4 is 22.1 Å². The van der Waals surface area contributed by atoms with Crippen molar-refractivity contribution in [2.45, 2.75) is 109 Å². The molecule has 0 fully saturated rings. The van der Waals surface area contributed by atoms with Crippen LogP contribution in [0.5, 0.6) is 0 Å². The number of hydrogen-bond donors (Lipinski definition) is 1. The molecule has 0 radical (unpaired) electrons. The first kappa shape index (κ1) is 31.6. The number of carbonyl (C=O) groups excluding carboxylic acids is 2. The highest BCUT2D eigenvalue weighted by atomic mass is 32.2. The van der Waals surface area contributed by atoms with Gasteiger partial charge in [0.1, 0.15) is 0 Å². The van der Waals surface area contributed by atoms with Crippen molar-refractivity contribution in [3.05, 3.63) is 54.0 Å². The Morgan fingerprint density at radius 2 is 1.17 bits per heavy atom. The predicted octanol–water partition coefficient (Wildman–Crippen LogP) is 7.78. The highest BCUT2D eigenvalue weighted by Crippen LogP contribution is 2.19. The number of unbranched alkanes of at least 4 members (excludes halogenated alkanes) is 12. The highest BCUT2D eigenvalue weighted by molar-refractivity contribution is 7.85. The van der Waals surface area contributed by atoms with Gasteiger partial charge in [-0.3, -0.25) is 4.55 Å². The van der Waals surface area contributed by atoms with Crippen LogP contribution < -0.4 is 0 Å². The summed E-state index contributed by atoms with van der Waals surface area (Å²) in [6.07, 6.45) is 21.3. The van der Waals surface area contributed by atoms with Crippen LogP contribution >= 0.6 is 0 Å². The normalized spacial score (nSPS) is 11.9. The summed E-state index contributed by atoms with van der Waals surface area (Å²) in [5, 5.41) is 0. The van der Waals surface area contributed by atoms with E-state index in [1.807, 2.05) is 0 Å². The van der Waals surface area contributed by atoms with E-state index in [9.17, 15) is 22.6 Å². The third kappa shape index (κ3) is 13.6. The van der Waals surface area contributed by atoms with Crippen LogP contribution in [0, 0.1) is 0 Å². The Labute approximate surface area is 216 Å². The van der Waals surface area contributed by atoms with Gasteiger partial charge in [0.05, 0.1) is 28.5 Å². The molecule has 1 rings (SSSR count). The standard InChI is InChI=1S/C28H42O7S/c1-3-5-7-9-11-13-15-17-21-34-27(29)25-20-19-24(36(31,32)33)23-26(25)28(30)35-22-18-16-14-12-10-8-6-4-2/h17-23H,3-16H2,1-2H3,(H,31,32,33)/b21-17+,22-18+. The van der Waals surface area contributed by atoms with Gasteiger partial charge in [-0.15, -0.1) is 0 Å². The molecule has 0 spiro atoms. The molecule has 0 heterocycles. The fourth-order valence-corrected chi connectivity index (χ4v) is 4.11. The number of hydrogen-bond acceptors (Lipinski definition) is 6. The van der Waals surface area contributed by atoms with Crippen molar-refractivity contribution in [3.8, 4) is 0 Å². The van der Waals surface area contributed by atoms with Gasteiger partial charge in [0.2, 0.25) is 0 Å². The Balaban J connectivity index is 2.69. The number of allylic oxidation sites excluding steroid dienone is 2. The van der Waals surface area contributed by atoms with Crippen molar-refractivity contribution in [1.29, 1.82) is 0 Å². The summed E-state index contributed by atoms with van der Waals surface area (Å²) < 4.78 is 42.6. The van der Waals surface area contributed by atoms with E-state index >= 15 is 0 Å². The molecule has 0 bridgehead atoms. The quantitative estimate of drug-likeness (QED) is 0.0855. The maximum absolute atomic E-state index is 12.6. The number of carbonyl (C=O) groups is 2. The summed E-state index contributed by atoms with van der Waals surface area (Å²) in [4.78, 5) is 24.6. The largest absolute Gasteiger partial charge is 0.431 e. The molecule has 36 heavy (non-hydrogen) atoms. The van der Waals surface area contributed by atoms with Crippen LogP contribution in [-0.4, -0.2) is 24.9 Å². The second kappa shape index (κ2) is 18.8. The number of esters is 2. The maximum Gasteiger partial charge on any atom is 0.343 e. The minimum Gasteiger partial charge on any atom is -0.431 e. The molecule has 0 aliphatic carbocycles. The zero-order valence-electron chi connectivity index (χ0n) is 21.7. The van der Waals surface area contributed by atoms with E-state index in [2.05, 4.69) is 13.8 Å². The second-order valence-electron chi connectivity index (χ2n) is 8.85. The van der Waals surface area contributed by atoms with Gasteiger partial charge in [-0.2, -0.15) is 8.42 Å². The fraction of sp³-hybridized carbons (Fsp3) is 0.571. The molecular weight excluding hydrogens is 480 g/mol. The van der Waals surface area contributed by atoms with Crippen molar-refractivity contribution in [1.82, 2.24) is 0 Å². The van der Waals surface area contributed by atoms with Gasteiger partial charge in [0.15, 0.2) is 0 Å². The van der Waals surface area contributed by atoms with Crippen LogP contribution in [0.25, 0.3) is 0 Å². The maximum atomic E-state index is 12.6. The lowest BCUT2D eigenvalue weighted by Crippen LogP contribution is -2.13. The molecule has 8 heteroatoms. The third-order valence-electron chi connectivity index (χ3n) is 5.72. The zero-order valence-corrected chi connectivity index (χ0v) is 22.6. The number of benzene rings is 1. The van der Waals surface area contributed by atoms with Crippen molar-refractivity contribution in [2.24, 2.45) is 0 Å². The van der Waals surface area contributed by atoms with E-state index in [0.29, 0.717) is 0 Å². The van der Waals surface area contributed by atoms with E-state index in [4.69, 9.17) is 9.47 Å². The summed E-state index contributed by atoms with van der Waals surface area (Å²) in [5.74, 6) is -1.73. The number of rotatable bonds is 19. The van der Waals surface area contributed by atoms with E-state index in [1.54, 1.807) is 12.2 Å². The van der Waals surface area contributed by atoms with Crippen molar-refractivity contribution in [2.75, 3.05) is 0 Å². The third-order valence-corrected chi connectivity index (χ3v) is 6.57. The van der Waals surface area contributed by atoms with Crippen LogP contribution in [0.15, 0.2) is 47.8 Å². The summed E-state index contributed by atoms with van der Waals surface area (Å²) in [7, 11) is -4.57. The number of ether oxygens (including phenoxy) is 2. The topological polar surface area (TPSA) is 107 Å². The minimum atomic E-state index is -4.57. The van der Waals surface area contributed by atoms with Gasteiger partial charge in [0.25, 0.3) is 10.1 Å². The predicted molar refractivity (Wildman–Crippen MR) is 141 cm³/mol. The first-order valence-electron chi connectivity index (χ1n) is 13.1. The Morgan fingerprint density at radius 1 is 0.722 bits per heavy atom. The van der Waals surface area contributed by atoms with E-state index in [0.717, 1.165) is 56.7 Å². The molecule has 1 N–H and O–H groups in total. The molecule has 0 aromatic heterocycles. The second-order valence-corrected chi connectivity index (χ2v) is 10.3. The summed E-state index contributed by atoms with van der Waals surface area (Å²) >= 11 is 0. The first-order valence-corrected chi connectivity index (χ1v) is 14.6.